The van der Waals surface area contributed by atoms with Gasteiger partial charge in [-0.05, 0) is 6.07 Å². The average Bonchev–Trinajstić information content (AvgIpc) is 3.17. The zero-order chi connectivity index (χ0) is 14.9. The summed E-state index contributed by atoms with van der Waals surface area (Å²) >= 11 is 1.25. The Bertz CT molecular complexity index is 763. The lowest BCUT2D eigenvalue weighted by atomic mass is 10.3. The molecule has 3 aromatic rings. The average molecular weight is 316 g/mol. The van der Waals surface area contributed by atoms with Crippen molar-refractivity contribution in [1.29, 1.82) is 0 Å². The van der Waals surface area contributed by atoms with Crippen LogP contribution in [0.25, 0.3) is 4.96 Å². The summed E-state index contributed by atoms with van der Waals surface area (Å²) in [5, 5.41) is 12.3. The highest BCUT2D eigenvalue weighted by molar-refractivity contribution is 7.18. The van der Waals surface area contributed by atoms with Gasteiger partial charge in [0.1, 0.15) is 6.33 Å². The third-order valence-electron chi connectivity index (χ3n) is 3.47. The Balaban J connectivity index is 1.45. The molecule has 1 amide bonds. The molecule has 4 heterocycles. The van der Waals surface area contributed by atoms with E-state index in [2.05, 4.69) is 30.2 Å². The van der Waals surface area contributed by atoms with Crippen LogP contribution in [0.3, 0.4) is 0 Å². The van der Waals surface area contributed by atoms with Gasteiger partial charge in [0.2, 0.25) is 15.9 Å². The maximum Gasteiger partial charge on any atom is 0.284 e. The number of aromatic nitrogens is 6. The minimum atomic E-state index is -0.0656. The van der Waals surface area contributed by atoms with Crippen molar-refractivity contribution in [3.05, 3.63) is 29.8 Å². The fourth-order valence-electron chi connectivity index (χ4n) is 2.35. The van der Waals surface area contributed by atoms with Gasteiger partial charge >= 0.3 is 0 Å². The second-order valence-electron chi connectivity index (χ2n) is 4.79. The minimum absolute atomic E-state index is 0.0656. The number of rotatable bonds is 2. The molecule has 3 aromatic heterocycles. The van der Waals surface area contributed by atoms with Gasteiger partial charge in [-0.1, -0.05) is 11.3 Å². The molecule has 0 radical (unpaired) electrons. The summed E-state index contributed by atoms with van der Waals surface area (Å²) < 4.78 is 1.52. The fraction of sp³-hybridized carbons (Fsp3) is 0.333. The molecule has 22 heavy (non-hydrogen) atoms. The molecule has 9 nitrogen and oxygen atoms in total. The SMILES string of the molecule is O=C(c1nn2cnnc2s1)N1CCN(c2ncccn2)CC1. The second-order valence-corrected chi connectivity index (χ2v) is 5.75. The molecule has 112 valence electrons. The van der Waals surface area contributed by atoms with Crippen molar-refractivity contribution in [1.82, 2.24) is 34.7 Å². The largest absolute Gasteiger partial charge is 0.337 e. The first kappa shape index (κ1) is 13.1. The number of carbonyl (C=O) groups excluding carboxylic acids is 1. The van der Waals surface area contributed by atoms with Gasteiger partial charge in [-0.25, -0.2) is 9.97 Å². The van der Waals surface area contributed by atoms with Crippen molar-refractivity contribution in [2.75, 3.05) is 31.1 Å². The molecule has 1 aliphatic rings. The molecule has 0 aliphatic carbocycles. The van der Waals surface area contributed by atoms with E-state index in [9.17, 15) is 4.79 Å². The molecule has 1 aliphatic heterocycles. The molecule has 0 N–H and O–H groups in total. The van der Waals surface area contributed by atoms with Crippen LogP contribution in [0.1, 0.15) is 9.80 Å². The first-order valence-corrected chi connectivity index (χ1v) is 7.61. The van der Waals surface area contributed by atoms with Gasteiger partial charge in [0, 0.05) is 38.6 Å². The maximum absolute atomic E-state index is 12.5. The smallest absolute Gasteiger partial charge is 0.284 e. The van der Waals surface area contributed by atoms with E-state index < -0.39 is 0 Å². The third-order valence-corrected chi connectivity index (χ3v) is 4.37. The number of piperazine rings is 1. The van der Waals surface area contributed by atoms with Crippen LogP contribution in [0.5, 0.6) is 0 Å². The highest BCUT2D eigenvalue weighted by Crippen LogP contribution is 2.16. The monoisotopic (exact) mass is 316 g/mol. The number of nitrogens with zero attached hydrogens (tertiary/aromatic N) is 8. The first-order chi connectivity index (χ1) is 10.8. The quantitative estimate of drug-likeness (QED) is 0.654. The third kappa shape index (κ3) is 2.26. The first-order valence-electron chi connectivity index (χ1n) is 6.79. The molecule has 4 rings (SSSR count). The summed E-state index contributed by atoms with van der Waals surface area (Å²) in [6.07, 6.45) is 4.94. The maximum atomic E-state index is 12.5. The molecule has 0 saturated carbocycles. The van der Waals surface area contributed by atoms with Gasteiger partial charge in [-0.15, -0.1) is 15.3 Å². The molecule has 0 unspecified atom stereocenters. The molecule has 0 spiro atoms. The Morgan fingerprint density at radius 1 is 1.14 bits per heavy atom. The Hall–Kier alpha value is -2.62. The summed E-state index contributed by atoms with van der Waals surface area (Å²) in [5.41, 5.74) is 0. The number of hydrogen-bond donors (Lipinski definition) is 0. The molecule has 0 aromatic carbocycles. The van der Waals surface area contributed by atoms with Crippen LogP contribution >= 0.6 is 11.3 Å². The molecular formula is C12H12N8OS. The summed E-state index contributed by atoms with van der Waals surface area (Å²) in [7, 11) is 0. The van der Waals surface area contributed by atoms with E-state index in [1.165, 1.54) is 22.2 Å². The van der Waals surface area contributed by atoms with Crippen molar-refractivity contribution in [2.24, 2.45) is 0 Å². The normalized spacial score (nSPS) is 15.5. The van der Waals surface area contributed by atoms with Crippen LogP contribution in [0.2, 0.25) is 0 Å². The van der Waals surface area contributed by atoms with Crippen LogP contribution in [0.4, 0.5) is 5.95 Å². The van der Waals surface area contributed by atoms with Crippen molar-refractivity contribution in [3.8, 4) is 0 Å². The minimum Gasteiger partial charge on any atom is -0.337 e. The Labute approximate surface area is 129 Å². The number of amides is 1. The van der Waals surface area contributed by atoms with E-state index >= 15 is 0 Å². The van der Waals surface area contributed by atoms with Crippen LogP contribution < -0.4 is 4.90 Å². The van der Waals surface area contributed by atoms with Crippen LogP contribution in [0.15, 0.2) is 24.8 Å². The van der Waals surface area contributed by atoms with Gasteiger partial charge in [0.25, 0.3) is 5.91 Å². The highest BCUT2D eigenvalue weighted by Gasteiger charge is 2.25. The Kier molecular flexibility index (Phi) is 3.15. The van der Waals surface area contributed by atoms with Crippen LogP contribution in [-0.4, -0.2) is 66.8 Å². The fourth-order valence-corrected chi connectivity index (χ4v) is 3.13. The summed E-state index contributed by atoms with van der Waals surface area (Å²) in [6.45, 7) is 2.66. The van der Waals surface area contributed by atoms with Crippen molar-refractivity contribution in [3.63, 3.8) is 0 Å². The number of anilines is 1. The van der Waals surface area contributed by atoms with Crippen LogP contribution in [-0.2, 0) is 0 Å². The molecular weight excluding hydrogens is 304 g/mol. The summed E-state index contributed by atoms with van der Waals surface area (Å²) in [6, 6.07) is 1.79. The number of carbonyl (C=O) groups is 1. The number of hydrogen-bond acceptors (Lipinski definition) is 8. The predicted molar refractivity (Wildman–Crippen MR) is 78.8 cm³/mol. The zero-order valence-corrected chi connectivity index (χ0v) is 12.3. The molecule has 1 fully saturated rings. The van der Waals surface area contributed by atoms with E-state index in [4.69, 9.17) is 0 Å². The van der Waals surface area contributed by atoms with Crippen molar-refractivity contribution in [2.45, 2.75) is 0 Å². The Morgan fingerprint density at radius 3 is 2.64 bits per heavy atom. The van der Waals surface area contributed by atoms with Gasteiger partial charge in [-0.2, -0.15) is 4.52 Å². The van der Waals surface area contributed by atoms with Gasteiger partial charge in [0.15, 0.2) is 0 Å². The zero-order valence-electron chi connectivity index (χ0n) is 11.5. The highest BCUT2D eigenvalue weighted by atomic mass is 32.1. The van der Waals surface area contributed by atoms with E-state index in [0.717, 1.165) is 0 Å². The van der Waals surface area contributed by atoms with Gasteiger partial charge < -0.3 is 9.80 Å². The Morgan fingerprint density at radius 2 is 1.91 bits per heavy atom. The van der Waals surface area contributed by atoms with Gasteiger partial charge in [0.05, 0.1) is 0 Å². The van der Waals surface area contributed by atoms with Crippen molar-refractivity contribution < 1.29 is 4.79 Å². The lowest BCUT2D eigenvalue weighted by Gasteiger charge is -2.34. The standard InChI is InChI=1S/C12H12N8OS/c21-10(9-17-20-8-15-16-12(20)22-9)18-4-6-19(7-5-18)11-13-2-1-3-14-11/h1-3,8H,4-7H2. The topological polar surface area (TPSA) is 92.4 Å². The molecule has 0 atom stereocenters. The lowest BCUT2D eigenvalue weighted by Crippen LogP contribution is -2.49. The van der Waals surface area contributed by atoms with E-state index in [0.29, 0.717) is 42.1 Å². The molecule has 10 heteroatoms. The van der Waals surface area contributed by atoms with E-state index in [1.807, 2.05) is 0 Å². The van der Waals surface area contributed by atoms with Crippen LogP contribution in [0, 0.1) is 0 Å². The second kappa shape index (κ2) is 5.30. The number of fused-ring (bicyclic) bond motifs is 1. The molecule has 1 saturated heterocycles. The lowest BCUT2D eigenvalue weighted by molar-refractivity contribution is 0.0744. The predicted octanol–water partition coefficient (Wildman–Crippen LogP) is -0.0618. The van der Waals surface area contributed by atoms with E-state index in [-0.39, 0.29) is 5.91 Å². The van der Waals surface area contributed by atoms with Crippen molar-refractivity contribution >= 4 is 28.2 Å². The molecule has 0 bridgehead atoms. The van der Waals surface area contributed by atoms with E-state index in [1.54, 1.807) is 23.4 Å². The summed E-state index contributed by atoms with van der Waals surface area (Å²) in [4.78, 5) is 25.4. The summed E-state index contributed by atoms with van der Waals surface area (Å²) in [5.74, 6) is 0.637. The van der Waals surface area contributed by atoms with Gasteiger partial charge in [-0.3, -0.25) is 4.79 Å².